The molecule has 0 radical (unpaired) electrons. The van der Waals surface area contributed by atoms with Crippen molar-refractivity contribution >= 4 is 11.9 Å². The summed E-state index contributed by atoms with van der Waals surface area (Å²) in [6, 6.07) is 0.366. The first-order valence-electron chi connectivity index (χ1n) is 16.2. The molecule has 4 fully saturated rings. The van der Waals surface area contributed by atoms with Gasteiger partial charge < -0.3 is 41.2 Å². The minimum atomic E-state index is -1.67. The third-order valence-electron chi connectivity index (χ3n) is 12.8. The van der Waals surface area contributed by atoms with E-state index in [0.29, 0.717) is 31.5 Å². The third kappa shape index (κ3) is 3.91. The molecule has 6 aliphatic rings. The standard InChI is InChI=1S/C32H51N5O5/c1-20-7-8-21-15-24-26(27(39)40)30(41,19-42-23-6-4-5-22(16-23)34-2)25-9-10-29(17-36-12-14-38)11-13-37(28(33)35-3)18-31(21,29)32(20,24)25/h9-10,20-23,25,34,36,38,41H,4-8,11-19H2,1-3H3,(H2,33,35)(H,39,40)/t20-,21-,22+,23+,25-,29-,30-,31-,32+/m1/s1. The average Bonchev–Trinajstić information content (AvgIpc) is 3.33. The summed E-state index contributed by atoms with van der Waals surface area (Å²) < 4.78 is 6.49. The molecule has 10 atom stereocenters. The number of carbonyl (C=O) groups excluding carboxylic acids is 1. The van der Waals surface area contributed by atoms with Gasteiger partial charge in [0.25, 0.3) is 5.96 Å². The number of carboxylic acids is 1. The Hall–Kier alpha value is -1.82. The van der Waals surface area contributed by atoms with Crippen LogP contribution in [-0.4, -0.2) is 93.4 Å². The predicted octanol–water partition coefficient (Wildman–Crippen LogP) is -1.27. The maximum absolute atomic E-state index is 13.2. The summed E-state index contributed by atoms with van der Waals surface area (Å²) in [7, 11) is 3.70. The topological polar surface area (TPSA) is 157 Å². The van der Waals surface area contributed by atoms with E-state index in [1.807, 2.05) is 7.05 Å². The van der Waals surface area contributed by atoms with Crippen molar-refractivity contribution in [3.8, 4) is 0 Å². The lowest BCUT2D eigenvalue weighted by Gasteiger charge is -2.68. The summed E-state index contributed by atoms with van der Waals surface area (Å²) in [5.41, 5.74) is 4.65. The summed E-state index contributed by atoms with van der Waals surface area (Å²) in [6.07, 6.45) is 11.8. The van der Waals surface area contributed by atoms with Crippen LogP contribution in [0.3, 0.4) is 0 Å². The molecular formula is C32H51N5O5. The molecule has 1 unspecified atom stereocenters. The number of carbonyl (C=O) groups is 1. The van der Waals surface area contributed by atoms with Crippen LogP contribution in [0.4, 0.5) is 0 Å². The number of nitrogens with one attached hydrogen (secondary N) is 3. The van der Waals surface area contributed by atoms with Crippen LogP contribution in [0.2, 0.25) is 0 Å². The van der Waals surface area contributed by atoms with Crippen LogP contribution in [0.25, 0.3) is 0 Å². The van der Waals surface area contributed by atoms with Crippen molar-refractivity contribution in [1.29, 1.82) is 0 Å². The number of guanidine groups is 1. The Morgan fingerprint density at radius 1 is 1.31 bits per heavy atom. The Balaban J connectivity index is 1.50. The van der Waals surface area contributed by atoms with Gasteiger partial charge in [-0.15, -0.1) is 0 Å². The zero-order valence-electron chi connectivity index (χ0n) is 25.6. The highest BCUT2D eigenvalue weighted by molar-refractivity contribution is 5.91. The summed E-state index contributed by atoms with van der Waals surface area (Å²) in [6.45, 7) is 5.03. The van der Waals surface area contributed by atoms with Gasteiger partial charge in [-0.05, 0) is 63.8 Å². The number of nitrogens with two attached hydrogens (primary N) is 1. The van der Waals surface area contributed by atoms with Crippen molar-refractivity contribution in [2.45, 2.75) is 76.0 Å². The number of rotatable bonds is 9. The highest BCUT2D eigenvalue weighted by Gasteiger charge is 2.83. The maximum Gasteiger partial charge on any atom is 0.293 e. The Morgan fingerprint density at radius 2 is 2.12 bits per heavy atom. The quantitative estimate of drug-likeness (QED) is 0.0847. The zero-order chi connectivity index (χ0) is 29.9. The second kappa shape index (κ2) is 11.0. The maximum atomic E-state index is 13.2. The van der Waals surface area contributed by atoms with E-state index in [4.69, 9.17) is 10.5 Å². The number of likely N-dealkylation sites (tertiary alicyclic amines) is 1. The first-order chi connectivity index (χ1) is 20.1. The van der Waals surface area contributed by atoms with Gasteiger partial charge in [0.2, 0.25) is 0 Å². The molecule has 5 aliphatic carbocycles. The molecule has 10 heteroatoms. The van der Waals surface area contributed by atoms with E-state index in [-0.39, 0.29) is 47.6 Å². The second-order valence-corrected chi connectivity index (χ2v) is 14.2. The van der Waals surface area contributed by atoms with E-state index in [0.717, 1.165) is 68.5 Å². The number of allylic oxidation sites excluding steroid dienone is 1. The van der Waals surface area contributed by atoms with Gasteiger partial charge in [-0.1, -0.05) is 24.6 Å². The van der Waals surface area contributed by atoms with Gasteiger partial charge >= 0.3 is 0 Å². The number of hydrogen-bond acceptors (Lipinski definition) is 8. The number of carboxylic acid groups (broad SMARTS) is 1. The Morgan fingerprint density at radius 3 is 2.83 bits per heavy atom. The van der Waals surface area contributed by atoms with Crippen LogP contribution in [0.5, 0.6) is 0 Å². The van der Waals surface area contributed by atoms with Crippen LogP contribution in [0, 0.1) is 34.0 Å². The Bertz CT molecular complexity index is 1170. The Labute approximate surface area is 249 Å². The number of nitrogens with zero attached hydrogens (tertiary/aromatic N) is 1. The van der Waals surface area contributed by atoms with Gasteiger partial charge in [0.05, 0.1) is 38.4 Å². The SMILES string of the molecule is CN=C(N)[NH+]1CC[C@@]2(CNCCO)C=C[C@H]3[C@@]45C(=C(C(=O)[O-])[C@@]3(O)CO[C@H]3CCC[C@H](NC)C3)C[C@@H](CC[C@H]4C)[C@]25C1. The smallest absolute Gasteiger partial charge is 0.293 e. The van der Waals surface area contributed by atoms with E-state index in [1.165, 1.54) is 0 Å². The summed E-state index contributed by atoms with van der Waals surface area (Å²) in [4.78, 5) is 18.7. The third-order valence-corrected chi connectivity index (χ3v) is 12.8. The highest BCUT2D eigenvalue weighted by Crippen LogP contribution is 2.82. The minimum absolute atomic E-state index is 0.0267. The Kier molecular flexibility index (Phi) is 7.89. The van der Waals surface area contributed by atoms with Gasteiger partial charge in [-0.3, -0.25) is 4.90 Å². The van der Waals surface area contributed by atoms with E-state index in [9.17, 15) is 20.1 Å². The van der Waals surface area contributed by atoms with Crippen molar-refractivity contribution in [3.05, 3.63) is 23.3 Å². The molecule has 1 aliphatic heterocycles. The zero-order valence-corrected chi connectivity index (χ0v) is 25.6. The van der Waals surface area contributed by atoms with Gasteiger partial charge in [0.1, 0.15) is 5.60 Å². The fraction of sp³-hybridized carbons (Fsp3) is 0.812. The number of ether oxygens (including phenoxy) is 1. The van der Waals surface area contributed by atoms with Gasteiger partial charge in [0, 0.05) is 60.3 Å². The molecule has 3 saturated carbocycles. The van der Waals surface area contributed by atoms with Crippen molar-refractivity contribution in [2.75, 3.05) is 53.5 Å². The first kappa shape index (κ1) is 30.2. The number of quaternary nitrogens is 1. The lowest BCUT2D eigenvalue weighted by atomic mass is 9.36. The summed E-state index contributed by atoms with van der Waals surface area (Å²) >= 11 is 0. The molecule has 0 aromatic heterocycles. The molecule has 10 nitrogen and oxygen atoms in total. The molecule has 0 aromatic rings. The molecule has 42 heavy (non-hydrogen) atoms. The molecule has 0 amide bonds. The number of aliphatic hydroxyl groups excluding tert-OH is 1. The van der Waals surface area contributed by atoms with Gasteiger partial charge in [0.15, 0.2) is 0 Å². The van der Waals surface area contributed by atoms with Crippen molar-refractivity contribution in [3.63, 3.8) is 0 Å². The number of piperidine rings is 1. The molecular weight excluding hydrogens is 534 g/mol. The van der Waals surface area contributed by atoms with Crippen LogP contribution < -0.4 is 26.4 Å². The van der Waals surface area contributed by atoms with Crippen molar-refractivity contribution < 1.29 is 29.8 Å². The molecule has 2 spiro atoms. The van der Waals surface area contributed by atoms with Crippen molar-refractivity contribution in [2.24, 2.45) is 44.7 Å². The van der Waals surface area contributed by atoms with Crippen LogP contribution >= 0.6 is 0 Å². The van der Waals surface area contributed by atoms with E-state index in [2.05, 4.69) is 34.7 Å². The lowest BCUT2D eigenvalue weighted by molar-refractivity contribution is -0.831. The largest absolute Gasteiger partial charge is 0.545 e. The fourth-order valence-electron chi connectivity index (χ4n) is 11.3. The number of aliphatic imine (C=N–C) groups is 1. The number of hydrogen-bond donors (Lipinski definition) is 6. The van der Waals surface area contributed by atoms with E-state index < -0.39 is 22.9 Å². The van der Waals surface area contributed by atoms with Crippen LogP contribution in [0.1, 0.15) is 58.3 Å². The van der Waals surface area contributed by atoms with Crippen LogP contribution in [-0.2, 0) is 9.53 Å². The molecule has 234 valence electrons. The average molecular weight is 586 g/mol. The van der Waals surface area contributed by atoms with Crippen molar-refractivity contribution in [1.82, 2.24) is 10.6 Å². The normalized spacial score (nSPS) is 46.1. The van der Waals surface area contributed by atoms with E-state index in [1.54, 1.807) is 7.05 Å². The predicted molar refractivity (Wildman–Crippen MR) is 157 cm³/mol. The molecule has 0 aromatic carbocycles. The fourth-order valence-corrected chi connectivity index (χ4v) is 11.3. The lowest BCUT2D eigenvalue weighted by Crippen LogP contribution is -3.19. The minimum Gasteiger partial charge on any atom is -0.545 e. The molecule has 1 heterocycles. The first-order valence-corrected chi connectivity index (χ1v) is 16.2. The highest BCUT2D eigenvalue weighted by atomic mass is 16.5. The van der Waals surface area contributed by atoms with Crippen LogP contribution in [0.15, 0.2) is 28.3 Å². The number of aliphatic hydroxyl groups is 2. The number of aliphatic carboxylic acids is 1. The molecule has 2 bridgehead atoms. The molecule has 1 saturated heterocycles. The molecule has 6 rings (SSSR count). The summed E-state index contributed by atoms with van der Waals surface area (Å²) in [5.74, 6) is -0.702. The van der Waals surface area contributed by atoms with Gasteiger partial charge in [-0.25, -0.2) is 4.99 Å². The monoisotopic (exact) mass is 585 g/mol. The van der Waals surface area contributed by atoms with Gasteiger partial charge in [-0.2, -0.15) is 0 Å². The molecule has 7 N–H and O–H groups in total. The summed E-state index contributed by atoms with van der Waals surface area (Å²) in [5, 5.41) is 42.4. The second-order valence-electron chi connectivity index (χ2n) is 14.2. The van der Waals surface area contributed by atoms with E-state index >= 15 is 0 Å².